The molecule has 1 aromatic rings. The van der Waals surface area contributed by atoms with Crippen molar-refractivity contribution in [2.45, 2.75) is 32.9 Å². The monoisotopic (exact) mass is 262 g/mol. The van der Waals surface area contributed by atoms with Crippen LogP contribution >= 0.6 is 0 Å². The summed E-state index contributed by atoms with van der Waals surface area (Å²) in [4.78, 5) is 13.4. The van der Waals surface area contributed by atoms with Crippen LogP contribution in [0.15, 0.2) is 24.3 Å². The van der Waals surface area contributed by atoms with E-state index in [0.717, 1.165) is 38.3 Å². The fraction of sp³-hybridized carbons (Fsp3) is 0.533. The molecule has 1 aromatic carbocycles. The Hall–Kier alpha value is -1.39. The van der Waals surface area contributed by atoms with Crippen LogP contribution in [0.5, 0.6) is 0 Å². The van der Waals surface area contributed by atoms with Crippen LogP contribution in [0.2, 0.25) is 0 Å². The Morgan fingerprint density at radius 3 is 2.84 bits per heavy atom. The zero-order chi connectivity index (χ0) is 13.7. The van der Waals surface area contributed by atoms with Crippen LogP contribution in [0.4, 0.5) is 5.69 Å². The highest BCUT2D eigenvalue weighted by Gasteiger charge is 2.14. The molecule has 1 saturated heterocycles. The minimum Gasteiger partial charge on any atom is -0.377 e. The molecular formula is C15H22N2O2. The lowest BCUT2D eigenvalue weighted by atomic mass is 10.2. The van der Waals surface area contributed by atoms with Crippen LogP contribution in [-0.2, 0) is 16.1 Å². The van der Waals surface area contributed by atoms with Crippen molar-refractivity contribution in [2.24, 2.45) is 0 Å². The van der Waals surface area contributed by atoms with Crippen molar-refractivity contribution in [1.29, 1.82) is 0 Å². The summed E-state index contributed by atoms with van der Waals surface area (Å²) in [6, 6.07) is 8.05. The molecule has 1 atom stereocenters. The number of rotatable bonds is 3. The highest BCUT2D eigenvalue weighted by molar-refractivity contribution is 5.88. The van der Waals surface area contributed by atoms with Gasteiger partial charge in [0, 0.05) is 38.9 Å². The Bertz CT molecular complexity index is 417. The van der Waals surface area contributed by atoms with Crippen LogP contribution in [0.25, 0.3) is 0 Å². The summed E-state index contributed by atoms with van der Waals surface area (Å²) in [5, 5.41) is 2.78. The lowest BCUT2D eigenvalue weighted by molar-refractivity contribution is -0.114. The van der Waals surface area contributed by atoms with E-state index >= 15 is 0 Å². The molecule has 0 saturated carbocycles. The first-order valence-corrected chi connectivity index (χ1v) is 6.84. The van der Waals surface area contributed by atoms with E-state index in [1.54, 1.807) is 0 Å². The summed E-state index contributed by atoms with van der Waals surface area (Å²) in [6.07, 6.45) is 1.40. The second-order valence-corrected chi connectivity index (χ2v) is 5.15. The normalized spacial score (nSPS) is 20.8. The molecule has 0 aliphatic carbocycles. The lowest BCUT2D eigenvalue weighted by Gasteiger charge is -2.21. The van der Waals surface area contributed by atoms with Crippen LogP contribution in [-0.4, -0.2) is 36.6 Å². The van der Waals surface area contributed by atoms with Gasteiger partial charge in [-0.15, -0.1) is 0 Å². The van der Waals surface area contributed by atoms with Crippen molar-refractivity contribution in [3.63, 3.8) is 0 Å². The van der Waals surface area contributed by atoms with Gasteiger partial charge in [0.25, 0.3) is 0 Å². The van der Waals surface area contributed by atoms with E-state index in [1.807, 2.05) is 12.1 Å². The minimum atomic E-state index is -0.0359. The Kier molecular flexibility index (Phi) is 4.93. The molecule has 1 aliphatic heterocycles. The molecule has 1 aliphatic rings. The van der Waals surface area contributed by atoms with Gasteiger partial charge in [-0.25, -0.2) is 0 Å². The van der Waals surface area contributed by atoms with Crippen molar-refractivity contribution in [3.05, 3.63) is 29.8 Å². The molecule has 4 nitrogen and oxygen atoms in total. The first kappa shape index (κ1) is 14.0. The molecule has 1 unspecified atom stereocenters. The van der Waals surface area contributed by atoms with Crippen molar-refractivity contribution in [2.75, 3.05) is 25.0 Å². The Labute approximate surface area is 114 Å². The smallest absolute Gasteiger partial charge is 0.221 e. The van der Waals surface area contributed by atoms with Gasteiger partial charge >= 0.3 is 0 Å². The summed E-state index contributed by atoms with van der Waals surface area (Å²) in [7, 11) is 0. The fourth-order valence-electron chi connectivity index (χ4n) is 2.38. The van der Waals surface area contributed by atoms with E-state index < -0.39 is 0 Å². The first-order chi connectivity index (χ1) is 9.13. The number of hydrogen-bond acceptors (Lipinski definition) is 3. The largest absolute Gasteiger partial charge is 0.377 e. The van der Waals surface area contributed by atoms with Crippen molar-refractivity contribution >= 4 is 11.6 Å². The van der Waals surface area contributed by atoms with Gasteiger partial charge in [-0.3, -0.25) is 9.69 Å². The predicted octanol–water partition coefficient (Wildman–Crippen LogP) is 2.26. The third kappa shape index (κ3) is 4.65. The molecule has 1 heterocycles. The van der Waals surface area contributed by atoms with Crippen LogP contribution in [0.1, 0.15) is 25.8 Å². The zero-order valence-corrected chi connectivity index (χ0v) is 11.7. The summed E-state index contributed by atoms with van der Waals surface area (Å²) in [5.41, 5.74) is 2.12. The fourth-order valence-corrected chi connectivity index (χ4v) is 2.38. The van der Waals surface area contributed by atoms with E-state index in [2.05, 4.69) is 29.3 Å². The van der Waals surface area contributed by atoms with E-state index in [4.69, 9.17) is 4.74 Å². The van der Waals surface area contributed by atoms with Gasteiger partial charge < -0.3 is 10.1 Å². The quantitative estimate of drug-likeness (QED) is 0.908. The van der Waals surface area contributed by atoms with Crippen molar-refractivity contribution in [3.8, 4) is 0 Å². The van der Waals surface area contributed by atoms with Gasteiger partial charge in [-0.05, 0) is 31.0 Å². The van der Waals surface area contributed by atoms with Crippen LogP contribution in [0.3, 0.4) is 0 Å². The molecule has 104 valence electrons. The molecule has 4 heteroatoms. The average molecular weight is 262 g/mol. The zero-order valence-electron chi connectivity index (χ0n) is 11.7. The standard InChI is InChI=1S/C15H22N2O2/c1-12-10-17(8-3-9-19-12)11-14-4-6-15(7-5-14)16-13(2)18/h4-7,12H,3,8-11H2,1-2H3,(H,16,18). The maximum Gasteiger partial charge on any atom is 0.221 e. The molecule has 1 amide bonds. The molecule has 1 fully saturated rings. The maximum absolute atomic E-state index is 11.0. The Morgan fingerprint density at radius 1 is 1.42 bits per heavy atom. The van der Waals surface area contributed by atoms with Gasteiger partial charge in [0.05, 0.1) is 6.10 Å². The lowest BCUT2D eigenvalue weighted by Crippen LogP contribution is -2.29. The molecule has 1 N–H and O–H groups in total. The number of anilines is 1. The molecular weight excluding hydrogens is 240 g/mol. The number of ether oxygens (including phenoxy) is 1. The number of carbonyl (C=O) groups is 1. The molecule has 19 heavy (non-hydrogen) atoms. The summed E-state index contributed by atoms with van der Waals surface area (Å²) in [6.45, 7) is 7.50. The average Bonchev–Trinajstić information content (AvgIpc) is 2.55. The van der Waals surface area contributed by atoms with E-state index in [1.165, 1.54) is 12.5 Å². The van der Waals surface area contributed by atoms with E-state index in [-0.39, 0.29) is 5.91 Å². The van der Waals surface area contributed by atoms with E-state index in [0.29, 0.717) is 6.10 Å². The summed E-state index contributed by atoms with van der Waals surface area (Å²) >= 11 is 0. The van der Waals surface area contributed by atoms with Gasteiger partial charge in [0.2, 0.25) is 5.91 Å². The topological polar surface area (TPSA) is 41.6 Å². The van der Waals surface area contributed by atoms with Gasteiger partial charge in [-0.2, -0.15) is 0 Å². The van der Waals surface area contributed by atoms with E-state index in [9.17, 15) is 4.79 Å². The summed E-state index contributed by atoms with van der Waals surface area (Å²) < 4.78 is 5.64. The Morgan fingerprint density at radius 2 is 2.16 bits per heavy atom. The predicted molar refractivity (Wildman–Crippen MR) is 76.1 cm³/mol. The third-order valence-corrected chi connectivity index (χ3v) is 3.22. The number of nitrogens with zero attached hydrogens (tertiary/aromatic N) is 1. The van der Waals surface area contributed by atoms with Gasteiger partial charge in [0.1, 0.15) is 0 Å². The van der Waals surface area contributed by atoms with Crippen LogP contribution in [0, 0.1) is 0 Å². The summed E-state index contributed by atoms with van der Waals surface area (Å²) in [5.74, 6) is -0.0359. The molecule has 0 bridgehead atoms. The highest BCUT2D eigenvalue weighted by Crippen LogP contribution is 2.13. The highest BCUT2D eigenvalue weighted by atomic mass is 16.5. The first-order valence-electron chi connectivity index (χ1n) is 6.84. The van der Waals surface area contributed by atoms with Crippen LogP contribution < -0.4 is 5.32 Å². The Balaban J connectivity index is 1.92. The number of amides is 1. The molecule has 0 spiro atoms. The molecule has 0 radical (unpaired) electrons. The number of nitrogens with one attached hydrogen (secondary N) is 1. The van der Waals surface area contributed by atoms with Crippen molar-refractivity contribution in [1.82, 2.24) is 4.90 Å². The van der Waals surface area contributed by atoms with Gasteiger partial charge in [-0.1, -0.05) is 12.1 Å². The van der Waals surface area contributed by atoms with Crippen molar-refractivity contribution < 1.29 is 9.53 Å². The number of benzene rings is 1. The third-order valence-electron chi connectivity index (χ3n) is 3.22. The molecule has 2 rings (SSSR count). The minimum absolute atomic E-state index is 0.0359. The maximum atomic E-state index is 11.0. The second-order valence-electron chi connectivity index (χ2n) is 5.15. The van der Waals surface area contributed by atoms with Gasteiger partial charge in [0.15, 0.2) is 0 Å². The second kappa shape index (κ2) is 6.68. The molecule has 0 aromatic heterocycles. The number of hydrogen-bond donors (Lipinski definition) is 1. The SMILES string of the molecule is CC(=O)Nc1ccc(CN2CCCOC(C)C2)cc1. The number of carbonyl (C=O) groups excluding carboxylic acids is 1.